The molecule has 1 aliphatic rings. The largest absolute Gasteiger partial charge is 0.493 e. The number of benzene rings is 2. The van der Waals surface area contributed by atoms with Gasteiger partial charge in [0.1, 0.15) is 0 Å². The Balaban J connectivity index is 2.00. The van der Waals surface area contributed by atoms with E-state index < -0.39 is 5.54 Å². The summed E-state index contributed by atoms with van der Waals surface area (Å²) >= 11 is 0. The second-order valence-corrected chi connectivity index (χ2v) is 7.97. The van der Waals surface area contributed by atoms with Crippen molar-refractivity contribution in [3.8, 4) is 17.2 Å². The lowest BCUT2D eigenvalue weighted by Gasteiger charge is -2.41. The fraction of sp³-hybridized carbons (Fsp3) is 0.320. The van der Waals surface area contributed by atoms with E-state index in [1.54, 1.807) is 33.5 Å². The molecule has 1 amide bonds. The van der Waals surface area contributed by atoms with Gasteiger partial charge in [-0.2, -0.15) is 0 Å². The molecule has 0 bridgehead atoms. The number of fused-ring (bicyclic) bond motifs is 1. The van der Waals surface area contributed by atoms with Crippen molar-refractivity contribution in [3.63, 3.8) is 0 Å². The van der Waals surface area contributed by atoms with Gasteiger partial charge in [0.05, 0.1) is 32.6 Å². The third-order valence-corrected chi connectivity index (χ3v) is 5.29. The summed E-state index contributed by atoms with van der Waals surface area (Å²) in [4.78, 5) is 15.2. The summed E-state index contributed by atoms with van der Waals surface area (Å²) in [6, 6.07) is 9.85. The van der Waals surface area contributed by atoms with Crippen molar-refractivity contribution in [2.24, 2.45) is 0 Å². The van der Waals surface area contributed by atoms with E-state index in [2.05, 4.69) is 31.2 Å². The molecule has 0 spiro atoms. The number of carbonyl (C=O) groups is 1. The molecule has 0 saturated heterocycles. The summed E-state index contributed by atoms with van der Waals surface area (Å²) < 4.78 is 16.2. The van der Waals surface area contributed by atoms with Crippen LogP contribution in [0.15, 0.2) is 42.5 Å². The molecule has 2 aromatic rings. The predicted molar refractivity (Wildman–Crippen MR) is 122 cm³/mol. The Morgan fingerprint density at radius 1 is 0.967 bits per heavy atom. The Hall–Kier alpha value is -3.21. The maximum absolute atomic E-state index is 13.3. The van der Waals surface area contributed by atoms with Crippen LogP contribution in [0.3, 0.4) is 0 Å². The van der Waals surface area contributed by atoms with Crippen LogP contribution in [-0.4, -0.2) is 32.8 Å². The fourth-order valence-corrected chi connectivity index (χ4v) is 3.99. The molecule has 1 aliphatic heterocycles. The lowest BCUT2D eigenvalue weighted by atomic mass is 9.88. The molecule has 0 radical (unpaired) electrons. The predicted octanol–water partition coefficient (Wildman–Crippen LogP) is 5.26. The number of rotatable bonds is 5. The van der Waals surface area contributed by atoms with Crippen molar-refractivity contribution in [1.29, 1.82) is 0 Å². The Labute approximate surface area is 178 Å². The van der Waals surface area contributed by atoms with E-state index in [-0.39, 0.29) is 5.91 Å². The van der Waals surface area contributed by atoms with Crippen LogP contribution in [0.4, 0.5) is 5.69 Å². The summed E-state index contributed by atoms with van der Waals surface area (Å²) in [5, 5.41) is 0. The first kappa shape index (κ1) is 21.5. The number of allylic oxidation sites excluding steroid dienone is 1. The number of anilines is 1. The van der Waals surface area contributed by atoms with E-state index in [0.29, 0.717) is 17.2 Å². The molecule has 0 saturated carbocycles. The molecule has 0 unspecified atom stereocenters. The number of methoxy groups -OCH3 is 3. The third kappa shape index (κ3) is 3.92. The van der Waals surface area contributed by atoms with Gasteiger partial charge in [0.15, 0.2) is 11.5 Å². The van der Waals surface area contributed by atoms with Crippen molar-refractivity contribution >= 4 is 23.2 Å². The zero-order valence-electron chi connectivity index (χ0n) is 18.7. The number of hydrogen-bond donors (Lipinski definition) is 0. The first-order valence-corrected chi connectivity index (χ1v) is 9.84. The average Bonchev–Trinajstić information content (AvgIpc) is 2.70. The van der Waals surface area contributed by atoms with E-state index in [9.17, 15) is 4.79 Å². The van der Waals surface area contributed by atoms with Gasteiger partial charge in [0.2, 0.25) is 5.75 Å². The Morgan fingerprint density at radius 3 is 2.17 bits per heavy atom. The second kappa shape index (κ2) is 8.27. The van der Waals surface area contributed by atoms with Gasteiger partial charge in [0, 0.05) is 11.6 Å². The number of aryl methyl sites for hydroxylation is 1. The van der Waals surface area contributed by atoms with Crippen LogP contribution in [0, 0.1) is 6.92 Å². The van der Waals surface area contributed by atoms with Gasteiger partial charge in [-0.05, 0) is 68.7 Å². The van der Waals surface area contributed by atoms with Crippen LogP contribution < -0.4 is 19.1 Å². The summed E-state index contributed by atoms with van der Waals surface area (Å²) in [5.74, 6) is 1.51. The maximum Gasteiger partial charge on any atom is 0.251 e. The smallest absolute Gasteiger partial charge is 0.251 e. The Morgan fingerprint density at radius 2 is 1.60 bits per heavy atom. The van der Waals surface area contributed by atoms with E-state index >= 15 is 0 Å². The minimum Gasteiger partial charge on any atom is -0.493 e. The van der Waals surface area contributed by atoms with Crippen LogP contribution in [0.1, 0.15) is 37.5 Å². The van der Waals surface area contributed by atoms with Gasteiger partial charge >= 0.3 is 0 Å². The highest BCUT2D eigenvalue weighted by atomic mass is 16.5. The highest BCUT2D eigenvalue weighted by Crippen LogP contribution is 2.40. The molecule has 0 aliphatic carbocycles. The van der Waals surface area contributed by atoms with Crippen LogP contribution in [0.25, 0.3) is 11.6 Å². The number of amides is 1. The summed E-state index contributed by atoms with van der Waals surface area (Å²) in [7, 11) is 4.70. The Kier molecular flexibility index (Phi) is 5.92. The molecule has 30 heavy (non-hydrogen) atoms. The molecular formula is C25H29NO4. The van der Waals surface area contributed by atoms with Crippen molar-refractivity contribution in [2.75, 3.05) is 26.2 Å². The van der Waals surface area contributed by atoms with E-state index in [1.165, 1.54) is 5.57 Å². The molecule has 3 rings (SSSR count). The van der Waals surface area contributed by atoms with Crippen molar-refractivity contribution in [1.82, 2.24) is 0 Å². The van der Waals surface area contributed by atoms with Gasteiger partial charge in [0.25, 0.3) is 5.91 Å². The van der Waals surface area contributed by atoms with E-state index in [4.69, 9.17) is 14.2 Å². The summed E-state index contributed by atoms with van der Waals surface area (Å²) in [5.41, 5.74) is 4.64. The van der Waals surface area contributed by atoms with Gasteiger partial charge in [-0.1, -0.05) is 18.2 Å². The lowest BCUT2D eigenvalue weighted by Crippen LogP contribution is -2.48. The molecule has 0 N–H and O–H groups in total. The van der Waals surface area contributed by atoms with Gasteiger partial charge in [-0.3, -0.25) is 9.69 Å². The molecule has 5 nitrogen and oxygen atoms in total. The highest BCUT2D eigenvalue weighted by Gasteiger charge is 2.34. The normalized spacial score (nSPS) is 14.9. The summed E-state index contributed by atoms with van der Waals surface area (Å²) in [6.07, 6.45) is 5.49. The maximum atomic E-state index is 13.3. The van der Waals surface area contributed by atoms with Gasteiger partial charge < -0.3 is 14.2 Å². The van der Waals surface area contributed by atoms with E-state index in [1.807, 2.05) is 37.8 Å². The molecule has 0 aromatic heterocycles. The highest BCUT2D eigenvalue weighted by molar-refractivity contribution is 6.08. The second-order valence-electron chi connectivity index (χ2n) is 7.97. The topological polar surface area (TPSA) is 48.0 Å². The fourth-order valence-electron chi connectivity index (χ4n) is 3.99. The quantitative estimate of drug-likeness (QED) is 0.634. The van der Waals surface area contributed by atoms with E-state index in [0.717, 1.165) is 22.4 Å². The monoisotopic (exact) mass is 407 g/mol. The zero-order chi connectivity index (χ0) is 22.1. The third-order valence-electron chi connectivity index (χ3n) is 5.29. The zero-order valence-corrected chi connectivity index (χ0v) is 18.7. The molecule has 0 atom stereocenters. The first-order chi connectivity index (χ1) is 14.2. The summed E-state index contributed by atoms with van der Waals surface area (Å²) in [6.45, 7) is 8.22. The lowest BCUT2D eigenvalue weighted by molar-refractivity contribution is -0.114. The number of nitrogens with zero attached hydrogens (tertiary/aromatic N) is 1. The van der Waals surface area contributed by atoms with Crippen molar-refractivity contribution in [3.05, 3.63) is 59.2 Å². The molecule has 1 heterocycles. The molecule has 0 fully saturated rings. The minimum atomic E-state index is -0.443. The molecule has 2 aromatic carbocycles. The number of ether oxygens (including phenoxy) is 3. The van der Waals surface area contributed by atoms with Crippen molar-refractivity contribution in [2.45, 2.75) is 33.2 Å². The van der Waals surface area contributed by atoms with Crippen LogP contribution in [-0.2, 0) is 4.79 Å². The van der Waals surface area contributed by atoms with Crippen molar-refractivity contribution < 1.29 is 19.0 Å². The van der Waals surface area contributed by atoms with Crippen LogP contribution in [0.2, 0.25) is 0 Å². The minimum absolute atomic E-state index is 0.0932. The van der Waals surface area contributed by atoms with Crippen LogP contribution >= 0.6 is 0 Å². The SMILES string of the molecule is COc1cc(/C=C/C(=O)N2c3cc(C)ccc3C(C)=CC2(C)C)cc(OC)c1OC. The molecule has 5 heteroatoms. The standard InChI is InChI=1S/C25H29NO4/c1-16-8-10-19-17(2)15-25(3,4)26(20(19)12-16)23(27)11-9-18-13-21(28-5)24(30-7)22(14-18)29-6/h8-15H,1-7H3/b11-9+. The average molecular weight is 408 g/mol. The Bertz CT molecular complexity index is 1010. The number of hydrogen-bond acceptors (Lipinski definition) is 4. The first-order valence-electron chi connectivity index (χ1n) is 9.84. The van der Waals surface area contributed by atoms with Crippen LogP contribution in [0.5, 0.6) is 17.2 Å². The van der Waals surface area contributed by atoms with Gasteiger partial charge in [-0.25, -0.2) is 0 Å². The van der Waals surface area contributed by atoms with Gasteiger partial charge in [-0.15, -0.1) is 0 Å². The number of carbonyl (C=O) groups excluding carboxylic acids is 1. The molecule has 158 valence electrons. The molecular weight excluding hydrogens is 378 g/mol.